The molecule has 166 valence electrons. The van der Waals surface area contributed by atoms with Gasteiger partial charge in [-0.25, -0.2) is 0 Å². The van der Waals surface area contributed by atoms with Crippen molar-refractivity contribution in [1.82, 2.24) is 0 Å². The van der Waals surface area contributed by atoms with Gasteiger partial charge in [0.15, 0.2) is 12.4 Å². The Balaban J connectivity index is 1.34. The van der Waals surface area contributed by atoms with E-state index in [1.54, 1.807) is 0 Å². The lowest BCUT2D eigenvalue weighted by atomic mass is 9.67. The monoisotopic (exact) mass is 430 g/mol. The Morgan fingerprint density at radius 1 is 0.938 bits per heavy atom. The minimum Gasteiger partial charge on any atom is -0.456 e. The minimum atomic E-state index is -0.487. The first-order chi connectivity index (χ1) is 15.7. The van der Waals surface area contributed by atoms with Crippen LogP contribution >= 0.6 is 0 Å². The zero-order valence-electron chi connectivity index (χ0n) is 18.3. The number of fused-ring (bicyclic) bond motifs is 4. The molecule has 0 amide bonds. The first-order valence-electron chi connectivity index (χ1n) is 11.9. The van der Waals surface area contributed by atoms with Crippen molar-refractivity contribution >= 4 is 5.97 Å². The van der Waals surface area contributed by atoms with E-state index in [0.717, 1.165) is 32.1 Å². The molecule has 2 saturated heterocycles. The predicted octanol–water partition coefficient (Wildman–Crippen LogP) is 4.73. The third-order valence-electron chi connectivity index (χ3n) is 7.88. The van der Waals surface area contributed by atoms with Crippen molar-refractivity contribution < 1.29 is 19.0 Å². The van der Waals surface area contributed by atoms with Crippen LogP contribution in [0.25, 0.3) is 0 Å². The van der Waals surface area contributed by atoms with E-state index in [2.05, 4.69) is 60.7 Å². The third-order valence-corrected chi connectivity index (χ3v) is 7.88. The Kier molecular flexibility index (Phi) is 5.15. The number of carbonyl (C=O) groups excluding carboxylic acids is 1. The smallest absolute Gasteiger partial charge is 0.310 e. The number of carbonyl (C=O) groups is 1. The molecule has 4 bridgehead atoms. The summed E-state index contributed by atoms with van der Waals surface area (Å²) in [5, 5.41) is 0. The second-order valence-electron chi connectivity index (χ2n) is 10.1. The van der Waals surface area contributed by atoms with E-state index in [1.165, 1.54) is 11.1 Å². The lowest BCUT2D eigenvalue weighted by molar-refractivity contribution is -0.227. The Morgan fingerprint density at radius 2 is 1.62 bits per heavy atom. The summed E-state index contributed by atoms with van der Waals surface area (Å²) in [5.41, 5.74) is 2.25. The molecule has 4 heteroatoms. The van der Waals surface area contributed by atoms with E-state index in [0.29, 0.717) is 18.4 Å². The SMILES string of the molecule is O=C(O[C@@H]1[C@@H]2OC[C@H](CC1(Cc1ccccc1)Cc1ccccc1)O2)C1CC2C=CC1C2. The molecule has 4 aliphatic rings. The molecule has 0 spiro atoms. The van der Waals surface area contributed by atoms with Gasteiger partial charge >= 0.3 is 5.97 Å². The van der Waals surface area contributed by atoms with E-state index in [4.69, 9.17) is 14.2 Å². The van der Waals surface area contributed by atoms with Crippen LogP contribution in [0.4, 0.5) is 0 Å². The molecule has 2 aliphatic heterocycles. The number of rotatable bonds is 6. The molecule has 2 heterocycles. The highest BCUT2D eigenvalue weighted by molar-refractivity contribution is 5.74. The van der Waals surface area contributed by atoms with Gasteiger partial charge in [0.1, 0.15) is 0 Å². The lowest BCUT2D eigenvalue weighted by Gasteiger charge is -2.46. The summed E-state index contributed by atoms with van der Waals surface area (Å²) in [6.45, 7) is 0.570. The molecule has 4 nitrogen and oxygen atoms in total. The van der Waals surface area contributed by atoms with Gasteiger partial charge in [-0.3, -0.25) is 4.79 Å². The molecule has 2 aromatic rings. The van der Waals surface area contributed by atoms with Crippen LogP contribution in [-0.4, -0.2) is 31.1 Å². The van der Waals surface area contributed by atoms with Crippen LogP contribution in [-0.2, 0) is 31.8 Å². The number of hydrogen-bond donors (Lipinski definition) is 0. The van der Waals surface area contributed by atoms with Crippen LogP contribution < -0.4 is 0 Å². The van der Waals surface area contributed by atoms with Gasteiger partial charge in [-0.05, 0) is 55.1 Å². The molecule has 0 aromatic heterocycles. The molecular formula is C28H30O4. The Morgan fingerprint density at radius 3 is 2.22 bits per heavy atom. The summed E-state index contributed by atoms with van der Waals surface area (Å²) in [7, 11) is 0. The molecule has 2 aromatic carbocycles. The highest BCUT2D eigenvalue weighted by Crippen LogP contribution is 2.49. The predicted molar refractivity (Wildman–Crippen MR) is 121 cm³/mol. The van der Waals surface area contributed by atoms with Crippen molar-refractivity contribution in [3.05, 3.63) is 83.9 Å². The first kappa shape index (κ1) is 20.2. The average molecular weight is 431 g/mol. The van der Waals surface area contributed by atoms with E-state index in [9.17, 15) is 4.79 Å². The van der Waals surface area contributed by atoms with Crippen LogP contribution in [0, 0.1) is 23.2 Å². The van der Waals surface area contributed by atoms with Crippen molar-refractivity contribution in [2.24, 2.45) is 23.2 Å². The lowest BCUT2D eigenvalue weighted by Crippen LogP contribution is -2.54. The molecule has 6 atom stereocenters. The van der Waals surface area contributed by atoms with Crippen molar-refractivity contribution in [2.75, 3.05) is 6.61 Å². The van der Waals surface area contributed by atoms with Crippen LogP contribution in [0.5, 0.6) is 0 Å². The molecule has 6 rings (SSSR count). The highest BCUT2D eigenvalue weighted by atomic mass is 16.7. The Bertz CT molecular complexity index is 944. The van der Waals surface area contributed by atoms with E-state index in [-0.39, 0.29) is 23.4 Å². The van der Waals surface area contributed by atoms with Gasteiger partial charge in [0.25, 0.3) is 0 Å². The second kappa shape index (κ2) is 8.17. The molecule has 0 radical (unpaired) electrons. The number of esters is 1. The van der Waals surface area contributed by atoms with Gasteiger partial charge in [-0.1, -0.05) is 72.8 Å². The molecule has 3 unspecified atom stereocenters. The van der Waals surface area contributed by atoms with E-state index < -0.39 is 12.4 Å². The van der Waals surface area contributed by atoms with Gasteiger partial charge in [0, 0.05) is 5.41 Å². The maximum atomic E-state index is 13.4. The second-order valence-corrected chi connectivity index (χ2v) is 10.1. The van der Waals surface area contributed by atoms with Crippen molar-refractivity contribution in [3.8, 4) is 0 Å². The molecule has 2 aliphatic carbocycles. The van der Waals surface area contributed by atoms with Crippen molar-refractivity contribution in [3.63, 3.8) is 0 Å². The summed E-state index contributed by atoms with van der Waals surface area (Å²) in [6.07, 6.45) is 8.09. The van der Waals surface area contributed by atoms with Gasteiger partial charge in [0.05, 0.1) is 18.6 Å². The van der Waals surface area contributed by atoms with Gasteiger partial charge in [0.2, 0.25) is 0 Å². The summed E-state index contributed by atoms with van der Waals surface area (Å²) in [5.74, 6) is 0.753. The van der Waals surface area contributed by atoms with Crippen LogP contribution in [0.1, 0.15) is 30.4 Å². The van der Waals surface area contributed by atoms with E-state index >= 15 is 0 Å². The van der Waals surface area contributed by atoms with Crippen LogP contribution in [0.15, 0.2) is 72.8 Å². The first-order valence-corrected chi connectivity index (χ1v) is 11.9. The molecule has 32 heavy (non-hydrogen) atoms. The average Bonchev–Trinajstić information content (AvgIpc) is 3.54. The van der Waals surface area contributed by atoms with Gasteiger partial charge in [-0.15, -0.1) is 0 Å². The van der Waals surface area contributed by atoms with E-state index in [1.807, 2.05) is 12.1 Å². The number of hydrogen-bond acceptors (Lipinski definition) is 4. The topological polar surface area (TPSA) is 44.8 Å². The fourth-order valence-electron chi connectivity index (χ4n) is 6.45. The largest absolute Gasteiger partial charge is 0.456 e. The van der Waals surface area contributed by atoms with Crippen LogP contribution in [0.2, 0.25) is 0 Å². The summed E-state index contributed by atoms with van der Waals surface area (Å²) in [6, 6.07) is 21.1. The van der Waals surface area contributed by atoms with Gasteiger partial charge in [-0.2, -0.15) is 0 Å². The Labute approximate surface area is 189 Å². The number of benzene rings is 2. The zero-order valence-corrected chi connectivity index (χ0v) is 18.3. The minimum absolute atomic E-state index is 0.0322. The van der Waals surface area contributed by atoms with Crippen molar-refractivity contribution in [2.45, 2.75) is 50.6 Å². The number of ether oxygens (including phenoxy) is 3. The fourth-order valence-corrected chi connectivity index (χ4v) is 6.45. The zero-order chi connectivity index (χ0) is 21.5. The third kappa shape index (κ3) is 3.70. The molecule has 3 fully saturated rings. The maximum Gasteiger partial charge on any atom is 0.310 e. The molecular weight excluding hydrogens is 400 g/mol. The fraction of sp³-hybridized carbons (Fsp3) is 0.464. The van der Waals surface area contributed by atoms with Gasteiger partial charge < -0.3 is 14.2 Å². The van der Waals surface area contributed by atoms with Crippen LogP contribution in [0.3, 0.4) is 0 Å². The Hall–Kier alpha value is -2.43. The summed E-state index contributed by atoms with van der Waals surface area (Å²) >= 11 is 0. The molecule has 1 saturated carbocycles. The molecule has 0 N–H and O–H groups in total. The normalized spacial score (nSPS) is 34.0. The standard InChI is InChI=1S/C28H30O4/c29-26(24-14-21-11-12-22(24)13-21)32-25-27-30-18-23(31-27)17-28(25,15-19-7-3-1-4-8-19)16-20-9-5-2-6-10-20/h1-12,21-25,27H,13-18H2/t21?,22?,23-,24?,25+,27+/m0/s1. The summed E-state index contributed by atoms with van der Waals surface area (Å²) in [4.78, 5) is 13.4. The van der Waals surface area contributed by atoms with Crippen molar-refractivity contribution in [1.29, 1.82) is 0 Å². The quantitative estimate of drug-likeness (QED) is 0.491. The highest BCUT2D eigenvalue weighted by Gasteiger charge is 2.56. The maximum absolute atomic E-state index is 13.4. The summed E-state index contributed by atoms with van der Waals surface area (Å²) < 4.78 is 18.6. The number of allylic oxidation sites excluding steroid dienone is 2.